The zero-order valence-corrected chi connectivity index (χ0v) is 18.0. The SMILES string of the molecule is CC(=O)OC[C@H]1O[C@@H](Oc2ccc(C)cc2)[C@@H](OC(C)=O)[C@@H](OC(C)=O)[C@@H]1OC(C)=O. The molecule has 1 heterocycles. The highest BCUT2D eigenvalue weighted by Crippen LogP contribution is 2.31. The highest BCUT2D eigenvalue weighted by atomic mass is 16.7. The standard InChI is InChI=1S/C21H26O10/c1-11-6-8-16(9-7-11)30-21-20(29-15(5)25)19(28-14(4)24)18(27-13(3)23)17(31-21)10-26-12(2)22/h6-9,17-21H,10H2,1-5H3/t17-,18-,19+,20+,21-/m1/s1. The summed E-state index contributed by atoms with van der Waals surface area (Å²) in [4.78, 5) is 46.6. The molecule has 0 aliphatic carbocycles. The van der Waals surface area contributed by atoms with Crippen LogP contribution in [0.15, 0.2) is 24.3 Å². The van der Waals surface area contributed by atoms with Crippen LogP contribution in [-0.4, -0.2) is 61.2 Å². The molecule has 0 amide bonds. The Morgan fingerprint density at radius 2 is 1.29 bits per heavy atom. The fraction of sp³-hybridized carbons (Fsp3) is 0.524. The predicted molar refractivity (Wildman–Crippen MR) is 104 cm³/mol. The molecule has 1 aliphatic rings. The number of aryl methyl sites for hydroxylation is 1. The van der Waals surface area contributed by atoms with Crippen LogP contribution in [0.2, 0.25) is 0 Å². The van der Waals surface area contributed by atoms with Gasteiger partial charge in [-0.1, -0.05) is 17.7 Å². The van der Waals surface area contributed by atoms with Gasteiger partial charge in [-0.3, -0.25) is 19.2 Å². The molecule has 1 aliphatic heterocycles. The van der Waals surface area contributed by atoms with Crippen LogP contribution in [-0.2, 0) is 42.9 Å². The maximum atomic E-state index is 11.8. The second-order valence-corrected chi connectivity index (χ2v) is 7.00. The third kappa shape index (κ3) is 7.25. The van der Waals surface area contributed by atoms with E-state index in [0.29, 0.717) is 5.75 Å². The monoisotopic (exact) mass is 438 g/mol. The highest BCUT2D eigenvalue weighted by Gasteiger charge is 2.53. The fourth-order valence-corrected chi connectivity index (χ4v) is 3.03. The van der Waals surface area contributed by atoms with Crippen molar-refractivity contribution in [1.29, 1.82) is 0 Å². The Hall–Kier alpha value is -3.14. The van der Waals surface area contributed by atoms with Gasteiger partial charge in [-0.05, 0) is 19.1 Å². The summed E-state index contributed by atoms with van der Waals surface area (Å²) in [7, 11) is 0. The van der Waals surface area contributed by atoms with Gasteiger partial charge in [0.15, 0.2) is 12.2 Å². The summed E-state index contributed by atoms with van der Waals surface area (Å²) in [6.45, 7) is 6.27. The molecular formula is C21H26O10. The molecule has 170 valence electrons. The first kappa shape index (κ1) is 24.1. The first-order valence-electron chi connectivity index (χ1n) is 9.60. The van der Waals surface area contributed by atoms with Crippen LogP contribution in [0.5, 0.6) is 5.75 Å². The number of ether oxygens (including phenoxy) is 6. The number of carbonyl (C=O) groups is 4. The van der Waals surface area contributed by atoms with Crippen molar-refractivity contribution in [3.8, 4) is 5.75 Å². The van der Waals surface area contributed by atoms with Crippen molar-refractivity contribution in [3.05, 3.63) is 29.8 Å². The number of esters is 4. The zero-order valence-electron chi connectivity index (χ0n) is 18.0. The van der Waals surface area contributed by atoms with E-state index in [4.69, 9.17) is 28.4 Å². The van der Waals surface area contributed by atoms with Crippen molar-refractivity contribution in [2.24, 2.45) is 0 Å². The van der Waals surface area contributed by atoms with Gasteiger partial charge in [0, 0.05) is 27.7 Å². The Bertz CT molecular complexity index is 803. The van der Waals surface area contributed by atoms with Crippen molar-refractivity contribution >= 4 is 23.9 Å². The molecule has 10 nitrogen and oxygen atoms in total. The van der Waals surface area contributed by atoms with E-state index in [1.807, 2.05) is 6.92 Å². The maximum absolute atomic E-state index is 11.8. The molecule has 1 saturated heterocycles. The number of benzene rings is 1. The van der Waals surface area contributed by atoms with E-state index in [1.165, 1.54) is 13.8 Å². The summed E-state index contributed by atoms with van der Waals surface area (Å²) in [5.41, 5.74) is 0.994. The van der Waals surface area contributed by atoms with Gasteiger partial charge in [-0.2, -0.15) is 0 Å². The largest absolute Gasteiger partial charge is 0.463 e. The van der Waals surface area contributed by atoms with Crippen molar-refractivity contribution < 1.29 is 47.6 Å². The highest BCUT2D eigenvalue weighted by molar-refractivity contribution is 5.68. The maximum Gasteiger partial charge on any atom is 0.303 e. The minimum atomic E-state index is -1.27. The van der Waals surface area contributed by atoms with E-state index in [9.17, 15) is 19.2 Å². The minimum Gasteiger partial charge on any atom is -0.463 e. The molecule has 31 heavy (non-hydrogen) atoms. The molecular weight excluding hydrogens is 412 g/mol. The van der Waals surface area contributed by atoms with Crippen molar-refractivity contribution in [1.82, 2.24) is 0 Å². The summed E-state index contributed by atoms with van der Waals surface area (Å²) in [6, 6.07) is 6.98. The van der Waals surface area contributed by atoms with Gasteiger partial charge in [0.25, 0.3) is 0 Å². The lowest BCUT2D eigenvalue weighted by atomic mass is 9.98. The third-order valence-corrected chi connectivity index (χ3v) is 4.22. The molecule has 0 spiro atoms. The lowest BCUT2D eigenvalue weighted by Gasteiger charge is -2.43. The van der Waals surface area contributed by atoms with Gasteiger partial charge >= 0.3 is 23.9 Å². The van der Waals surface area contributed by atoms with Crippen LogP contribution in [0.1, 0.15) is 33.3 Å². The molecule has 0 aromatic heterocycles. The summed E-state index contributed by atoms with van der Waals surface area (Å²) >= 11 is 0. The molecule has 0 radical (unpaired) electrons. The predicted octanol–water partition coefficient (Wildman–Crippen LogP) is 1.46. The van der Waals surface area contributed by atoms with Gasteiger partial charge in [-0.25, -0.2) is 0 Å². The van der Waals surface area contributed by atoms with E-state index in [-0.39, 0.29) is 6.61 Å². The van der Waals surface area contributed by atoms with Crippen LogP contribution in [0.4, 0.5) is 0 Å². The number of rotatable bonds is 7. The van der Waals surface area contributed by atoms with Crippen molar-refractivity contribution in [2.75, 3.05) is 6.61 Å². The van der Waals surface area contributed by atoms with Crippen LogP contribution in [0.25, 0.3) is 0 Å². The van der Waals surface area contributed by atoms with Crippen molar-refractivity contribution in [2.45, 2.75) is 65.3 Å². The van der Waals surface area contributed by atoms with Gasteiger partial charge in [0.2, 0.25) is 12.4 Å². The number of carbonyl (C=O) groups excluding carboxylic acids is 4. The summed E-state index contributed by atoms with van der Waals surface area (Å²) < 4.78 is 32.7. The van der Waals surface area contributed by atoms with E-state index < -0.39 is 54.6 Å². The molecule has 0 bridgehead atoms. The molecule has 10 heteroatoms. The second kappa shape index (κ2) is 10.8. The third-order valence-electron chi connectivity index (χ3n) is 4.22. The Balaban J connectivity index is 2.43. The quantitative estimate of drug-likeness (QED) is 0.456. The molecule has 1 aromatic rings. The fourth-order valence-electron chi connectivity index (χ4n) is 3.03. The molecule has 2 rings (SSSR count). The normalized spacial score (nSPS) is 25.1. The molecule has 5 atom stereocenters. The lowest BCUT2D eigenvalue weighted by Crippen LogP contribution is -2.63. The first-order chi connectivity index (χ1) is 14.6. The summed E-state index contributed by atoms with van der Waals surface area (Å²) in [5, 5.41) is 0. The average Bonchev–Trinajstić information content (AvgIpc) is 2.65. The Kier molecular flexibility index (Phi) is 8.38. The number of hydrogen-bond donors (Lipinski definition) is 0. The van der Waals surface area contributed by atoms with Gasteiger partial charge in [0.05, 0.1) is 0 Å². The minimum absolute atomic E-state index is 0.314. The summed E-state index contributed by atoms with van der Waals surface area (Å²) in [6.07, 6.45) is -6.05. The van der Waals surface area contributed by atoms with Crippen LogP contribution in [0.3, 0.4) is 0 Å². The molecule has 1 aromatic carbocycles. The molecule has 1 fully saturated rings. The van der Waals surface area contributed by atoms with Gasteiger partial charge < -0.3 is 28.4 Å². The Labute approximate surface area is 179 Å². The topological polar surface area (TPSA) is 124 Å². The lowest BCUT2D eigenvalue weighted by molar-refractivity contribution is -0.288. The average molecular weight is 438 g/mol. The zero-order chi connectivity index (χ0) is 23.1. The smallest absolute Gasteiger partial charge is 0.303 e. The van der Waals surface area contributed by atoms with E-state index in [2.05, 4.69) is 0 Å². The van der Waals surface area contributed by atoms with Crippen LogP contribution in [0, 0.1) is 6.92 Å². The van der Waals surface area contributed by atoms with Crippen LogP contribution < -0.4 is 4.74 Å². The van der Waals surface area contributed by atoms with Gasteiger partial charge in [-0.15, -0.1) is 0 Å². The van der Waals surface area contributed by atoms with E-state index in [0.717, 1.165) is 19.4 Å². The summed E-state index contributed by atoms with van der Waals surface area (Å²) in [5.74, 6) is -2.29. The molecule has 0 N–H and O–H groups in total. The van der Waals surface area contributed by atoms with Crippen LogP contribution >= 0.6 is 0 Å². The van der Waals surface area contributed by atoms with E-state index in [1.54, 1.807) is 24.3 Å². The van der Waals surface area contributed by atoms with E-state index >= 15 is 0 Å². The Morgan fingerprint density at radius 1 is 0.774 bits per heavy atom. The second-order valence-electron chi connectivity index (χ2n) is 7.00. The number of hydrogen-bond acceptors (Lipinski definition) is 10. The Morgan fingerprint density at radius 3 is 1.81 bits per heavy atom. The van der Waals surface area contributed by atoms with Crippen molar-refractivity contribution in [3.63, 3.8) is 0 Å². The molecule has 0 unspecified atom stereocenters. The molecule has 0 saturated carbocycles. The first-order valence-corrected chi connectivity index (χ1v) is 9.60. The van der Waals surface area contributed by atoms with Gasteiger partial charge in [0.1, 0.15) is 18.5 Å².